The molecule has 2 amide bonds. The van der Waals surface area contributed by atoms with Crippen LogP contribution in [-0.4, -0.2) is 40.1 Å². The summed E-state index contributed by atoms with van der Waals surface area (Å²) in [4.78, 5) is 38.6. The summed E-state index contributed by atoms with van der Waals surface area (Å²) in [6.07, 6.45) is 0.378. The van der Waals surface area contributed by atoms with E-state index in [-0.39, 0.29) is 30.8 Å². The van der Waals surface area contributed by atoms with Gasteiger partial charge in [0.15, 0.2) is 5.75 Å². The van der Waals surface area contributed by atoms with Crippen LogP contribution in [0.4, 0.5) is 0 Å². The predicted molar refractivity (Wildman–Crippen MR) is 105 cm³/mol. The van der Waals surface area contributed by atoms with Gasteiger partial charge in [0.05, 0.1) is 22.7 Å². The zero-order chi connectivity index (χ0) is 19.8. The van der Waals surface area contributed by atoms with E-state index in [9.17, 15) is 14.4 Å². The van der Waals surface area contributed by atoms with Gasteiger partial charge in [0.25, 0.3) is 17.7 Å². The third-order valence-corrected chi connectivity index (χ3v) is 6.18. The average molecular weight is 464 g/mol. The van der Waals surface area contributed by atoms with Crippen molar-refractivity contribution in [1.29, 1.82) is 0 Å². The van der Waals surface area contributed by atoms with Crippen LogP contribution in [-0.2, 0) is 6.54 Å². The first-order valence-corrected chi connectivity index (χ1v) is 10.0. The number of thiophene rings is 1. The van der Waals surface area contributed by atoms with E-state index >= 15 is 0 Å². The zero-order valence-electron chi connectivity index (χ0n) is 14.7. The van der Waals surface area contributed by atoms with Crippen molar-refractivity contribution in [3.8, 4) is 16.5 Å². The van der Waals surface area contributed by atoms with Crippen molar-refractivity contribution in [2.24, 2.45) is 0 Å². The fourth-order valence-electron chi connectivity index (χ4n) is 3.02. The third-order valence-electron chi connectivity index (χ3n) is 4.34. The number of halogens is 1. The molecule has 1 aliphatic rings. The largest absolute Gasteiger partial charge is 0.494 e. The lowest BCUT2D eigenvalue weighted by Gasteiger charge is -2.12. The Labute approximate surface area is 171 Å². The van der Waals surface area contributed by atoms with Crippen LogP contribution in [0.15, 0.2) is 43.3 Å². The number of benzene rings is 1. The Bertz CT molecular complexity index is 1100. The molecule has 0 unspecified atom stereocenters. The number of aromatic nitrogens is 2. The van der Waals surface area contributed by atoms with Crippen molar-refractivity contribution in [2.75, 3.05) is 13.7 Å². The quantitative estimate of drug-likeness (QED) is 0.521. The van der Waals surface area contributed by atoms with E-state index in [4.69, 9.17) is 9.15 Å². The molecule has 0 saturated heterocycles. The molecule has 0 saturated carbocycles. The number of hydrogen-bond acceptors (Lipinski definition) is 7. The van der Waals surface area contributed by atoms with E-state index in [1.807, 2.05) is 5.38 Å². The fourth-order valence-corrected chi connectivity index (χ4v) is 4.61. The summed E-state index contributed by atoms with van der Waals surface area (Å²) in [5.41, 5.74) is 0.813. The van der Waals surface area contributed by atoms with Crippen molar-refractivity contribution in [3.05, 3.63) is 55.8 Å². The van der Waals surface area contributed by atoms with Crippen LogP contribution in [0.3, 0.4) is 0 Å². The van der Waals surface area contributed by atoms with Gasteiger partial charge < -0.3 is 9.15 Å². The first-order valence-electron chi connectivity index (χ1n) is 8.35. The van der Waals surface area contributed by atoms with Gasteiger partial charge in [-0.25, -0.2) is 4.79 Å². The maximum atomic E-state index is 12.4. The molecule has 0 spiro atoms. The van der Waals surface area contributed by atoms with E-state index in [2.05, 4.69) is 21.0 Å². The van der Waals surface area contributed by atoms with Gasteiger partial charge >= 0.3 is 5.76 Å². The molecular formula is C18H14BrN3O5S. The lowest BCUT2D eigenvalue weighted by Crippen LogP contribution is -2.32. The Balaban J connectivity index is 1.46. The van der Waals surface area contributed by atoms with Gasteiger partial charge in [-0.05, 0) is 34.5 Å². The highest BCUT2D eigenvalue weighted by atomic mass is 79.9. The third kappa shape index (κ3) is 3.08. The van der Waals surface area contributed by atoms with E-state index in [1.165, 1.54) is 28.0 Å². The van der Waals surface area contributed by atoms with Gasteiger partial charge in [0.2, 0.25) is 0 Å². The number of amides is 2. The molecule has 3 aromatic rings. The first-order chi connectivity index (χ1) is 13.5. The number of methoxy groups -OCH3 is 1. The van der Waals surface area contributed by atoms with Crippen LogP contribution >= 0.6 is 27.3 Å². The molecule has 0 bridgehead atoms. The molecule has 0 fully saturated rings. The molecule has 0 radical (unpaired) electrons. The Kier molecular flexibility index (Phi) is 4.90. The van der Waals surface area contributed by atoms with Gasteiger partial charge in [-0.15, -0.1) is 16.4 Å². The SMILES string of the molecule is COc1c(Br)csc1-c1nn(CCCN2C(=O)c3ccccc3C2=O)c(=O)o1. The van der Waals surface area contributed by atoms with Crippen LogP contribution < -0.4 is 10.5 Å². The van der Waals surface area contributed by atoms with Crippen LogP contribution in [0.1, 0.15) is 27.1 Å². The zero-order valence-corrected chi connectivity index (χ0v) is 17.1. The number of fused-ring (bicyclic) bond motifs is 1. The van der Waals surface area contributed by atoms with Crippen LogP contribution in [0.5, 0.6) is 5.75 Å². The Morgan fingerprint density at radius 1 is 1.14 bits per heavy atom. The molecule has 3 heterocycles. The Morgan fingerprint density at radius 2 is 1.82 bits per heavy atom. The lowest BCUT2D eigenvalue weighted by molar-refractivity contribution is 0.0650. The van der Waals surface area contributed by atoms with Crippen LogP contribution in [0.25, 0.3) is 10.8 Å². The molecular weight excluding hydrogens is 450 g/mol. The number of aryl methyl sites for hydroxylation is 1. The van der Waals surface area contributed by atoms with Crippen LogP contribution in [0, 0.1) is 0 Å². The molecule has 0 N–H and O–H groups in total. The topological polar surface area (TPSA) is 94.6 Å². The minimum absolute atomic E-state index is 0.165. The van der Waals surface area contributed by atoms with Gasteiger partial charge in [-0.3, -0.25) is 14.5 Å². The van der Waals surface area contributed by atoms with Crippen LogP contribution in [0.2, 0.25) is 0 Å². The number of carbonyl (C=O) groups is 2. The molecule has 0 aliphatic carbocycles. The summed E-state index contributed by atoms with van der Waals surface area (Å²) in [7, 11) is 1.52. The van der Waals surface area contributed by atoms with Gasteiger partial charge in [0.1, 0.15) is 4.88 Å². The van der Waals surface area contributed by atoms with Crippen molar-refractivity contribution < 1.29 is 18.7 Å². The highest BCUT2D eigenvalue weighted by Crippen LogP contribution is 2.40. The summed E-state index contributed by atoms with van der Waals surface area (Å²) in [5, 5.41) is 6.02. The van der Waals surface area contributed by atoms with Crippen molar-refractivity contribution in [2.45, 2.75) is 13.0 Å². The normalized spacial score (nSPS) is 13.3. The van der Waals surface area contributed by atoms with Crippen molar-refractivity contribution in [1.82, 2.24) is 14.7 Å². The van der Waals surface area contributed by atoms with Gasteiger partial charge in [-0.1, -0.05) is 12.1 Å². The molecule has 1 aliphatic heterocycles. The second-order valence-electron chi connectivity index (χ2n) is 6.00. The highest BCUT2D eigenvalue weighted by molar-refractivity contribution is 9.10. The average Bonchev–Trinajstić information content (AvgIpc) is 3.32. The molecule has 0 atom stereocenters. The second-order valence-corrected chi connectivity index (χ2v) is 7.74. The van der Waals surface area contributed by atoms with Crippen molar-refractivity contribution >= 4 is 39.1 Å². The number of hydrogen-bond donors (Lipinski definition) is 0. The van der Waals surface area contributed by atoms with E-state index < -0.39 is 5.76 Å². The summed E-state index contributed by atoms with van der Waals surface area (Å²) in [5.74, 6) is -0.532. The van der Waals surface area contributed by atoms with E-state index in [0.717, 1.165) is 4.47 Å². The first kappa shape index (κ1) is 18.6. The molecule has 4 rings (SSSR count). The predicted octanol–water partition coefficient (Wildman–Crippen LogP) is 3.02. The van der Waals surface area contributed by atoms with E-state index in [0.29, 0.717) is 28.2 Å². The van der Waals surface area contributed by atoms with Gasteiger partial charge in [-0.2, -0.15) is 4.68 Å². The molecule has 1 aromatic carbocycles. The molecule has 8 nitrogen and oxygen atoms in total. The molecule has 2 aromatic heterocycles. The maximum Gasteiger partial charge on any atom is 0.437 e. The summed E-state index contributed by atoms with van der Waals surface area (Å²) >= 11 is 4.70. The number of ether oxygens (including phenoxy) is 1. The Hall–Kier alpha value is -2.72. The maximum absolute atomic E-state index is 12.4. The number of nitrogens with zero attached hydrogens (tertiary/aromatic N) is 3. The number of rotatable bonds is 6. The fraction of sp³-hybridized carbons (Fsp3) is 0.222. The summed E-state index contributed by atoms with van der Waals surface area (Å²) in [6.45, 7) is 0.402. The minimum Gasteiger partial charge on any atom is -0.494 e. The monoisotopic (exact) mass is 463 g/mol. The number of carbonyl (C=O) groups excluding carboxylic acids is 2. The lowest BCUT2D eigenvalue weighted by atomic mass is 10.1. The number of imide groups is 1. The minimum atomic E-state index is -0.607. The summed E-state index contributed by atoms with van der Waals surface area (Å²) in [6, 6.07) is 6.72. The highest BCUT2D eigenvalue weighted by Gasteiger charge is 2.34. The van der Waals surface area contributed by atoms with E-state index in [1.54, 1.807) is 24.3 Å². The smallest absolute Gasteiger partial charge is 0.437 e. The molecule has 144 valence electrons. The summed E-state index contributed by atoms with van der Waals surface area (Å²) < 4.78 is 12.5. The van der Waals surface area contributed by atoms with Crippen molar-refractivity contribution in [3.63, 3.8) is 0 Å². The molecule has 28 heavy (non-hydrogen) atoms. The van der Waals surface area contributed by atoms with Gasteiger partial charge in [0, 0.05) is 18.5 Å². The standard InChI is InChI=1S/C18H14BrN3O5S/c1-26-13-12(19)9-28-14(13)15-20-22(18(25)27-15)8-4-7-21-16(23)10-5-2-3-6-11(10)17(21)24/h2-3,5-6,9H,4,7-8H2,1H3. The Morgan fingerprint density at radius 3 is 2.46 bits per heavy atom. The second kappa shape index (κ2) is 7.36. The molecule has 10 heteroatoms.